The molecule has 104 valence electrons. The van der Waals surface area contributed by atoms with Crippen LogP contribution in [-0.2, 0) is 4.79 Å². The van der Waals surface area contributed by atoms with Crippen LogP contribution in [0, 0.1) is 0 Å². The largest absolute Gasteiger partial charge is 0.372 e. The maximum atomic E-state index is 11.7. The van der Waals surface area contributed by atoms with E-state index in [0.717, 1.165) is 32.4 Å². The molecule has 0 saturated heterocycles. The van der Waals surface area contributed by atoms with Gasteiger partial charge in [-0.1, -0.05) is 18.2 Å². The second-order valence-electron chi connectivity index (χ2n) is 5.18. The van der Waals surface area contributed by atoms with Crippen molar-refractivity contribution in [3.8, 4) is 0 Å². The van der Waals surface area contributed by atoms with Crippen LogP contribution in [0.1, 0.15) is 26.2 Å². The Labute approximate surface area is 115 Å². The molecule has 0 aromatic heterocycles. The second kappa shape index (κ2) is 6.06. The van der Waals surface area contributed by atoms with E-state index in [9.17, 15) is 4.79 Å². The van der Waals surface area contributed by atoms with Crippen molar-refractivity contribution in [3.63, 3.8) is 0 Å². The number of carbonyl (C=O) groups excluding carboxylic acids is 1. The first kappa shape index (κ1) is 13.9. The van der Waals surface area contributed by atoms with Gasteiger partial charge in [0.05, 0.1) is 5.54 Å². The number of nitrogens with two attached hydrogens (primary N) is 1. The van der Waals surface area contributed by atoms with Gasteiger partial charge in [0.15, 0.2) is 0 Å². The summed E-state index contributed by atoms with van der Waals surface area (Å²) in [5.41, 5.74) is 6.51. The third-order valence-corrected chi connectivity index (χ3v) is 3.63. The molecule has 4 heteroatoms. The van der Waals surface area contributed by atoms with Crippen LogP contribution < -0.4 is 16.0 Å². The molecule has 2 rings (SSSR count). The van der Waals surface area contributed by atoms with Gasteiger partial charge < -0.3 is 16.0 Å². The number of nitrogens with one attached hydrogen (secondary N) is 1. The lowest BCUT2D eigenvalue weighted by Gasteiger charge is -2.23. The van der Waals surface area contributed by atoms with Crippen LogP contribution in [0.4, 0.5) is 5.69 Å². The summed E-state index contributed by atoms with van der Waals surface area (Å²) in [4.78, 5) is 14.0. The van der Waals surface area contributed by atoms with E-state index in [4.69, 9.17) is 5.73 Å². The minimum atomic E-state index is -0.552. The summed E-state index contributed by atoms with van der Waals surface area (Å²) >= 11 is 0. The molecule has 1 aromatic rings. The van der Waals surface area contributed by atoms with Crippen molar-refractivity contribution in [1.29, 1.82) is 0 Å². The summed E-state index contributed by atoms with van der Waals surface area (Å²) in [6, 6.07) is 10.3. The van der Waals surface area contributed by atoms with Gasteiger partial charge in [0.1, 0.15) is 0 Å². The first-order valence-corrected chi connectivity index (χ1v) is 7.03. The van der Waals surface area contributed by atoms with Crippen LogP contribution in [0.5, 0.6) is 0 Å². The SMILES string of the molecule is CCN(CCCNC(=O)C1(N)CC1)c1ccccc1. The van der Waals surface area contributed by atoms with E-state index in [1.807, 2.05) is 18.2 Å². The number of nitrogens with zero attached hydrogens (tertiary/aromatic N) is 1. The topological polar surface area (TPSA) is 58.4 Å². The third kappa shape index (κ3) is 3.70. The standard InChI is InChI=1S/C15H23N3O/c1-2-18(13-7-4-3-5-8-13)12-6-11-17-14(19)15(16)9-10-15/h3-5,7-8H,2,6,9-12,16H2,1H3,(H,17,19). The van der Waals surface area contributed by atoms with Crippen LogP contribution in [0.15, 0.2) is 30.3 Å². The van der Waals surface area contributed by atoms with E-state index in [1.54, 1.807) is 0 Å². The van der Waals surface area contributed by atoms with Crippen molar-refractivity contribution < 1.29 is 4.79 Å². The molecule has 1 amide bonds. The maximum absolute atomic E-state index is 11.7. The van der Waals surface area contributed by atoms with Gasteiger partial charge in [-0.05, 0) is 38.3 Å². The monoisotopic (exact) mass is 261 g/mol. The number of hydrogen-bond donors (Lipinski definition) is 2. The minimum Gasteiger partial charge on any atom is -0.372 e. The smallest absolute Gasteiger partial charge is 0.240 e. The molecule has 0 radical (unpaired) electrons. The van der Waals surface area contributed by atoms with Crippen molar-refractivity contribution in [2.45, 2.75) is 31.7 Å². The molecule has 1 aliphatic carbocycles. The highest BCUT2D eigenvalue weighted by Gasteiger charge is 2.45. The Bertz CT molecular complexity index is 415. The van der Waals surface area contributed by atoms with Crippen molar-refractivity contribution in [2.75, 3.05) is 24.5 Å². The molecule has 0 spiro atoms. The van der Waals surface area contributed by atoms with Crippen molar-refractivity contribution >= 4 is 11.6 Å². The Hall–Kier alpha value is -1.55. The van der Waals surface area contributed by atoms with E-state index in [-0.39, 0.29) is 5.91 Å². The predicted octanol–water partition coefficient (Wildman–Crippen LogP) is 1.51. The number of hydrogen-bond acceptors (Lipinski definition) is 3. The average molecular weight is 261 g/mol. The van der Waals surface area contributed by atoms with Gasteiger partial charge in [0.2, 0.25) is 5.91 Å². The Kier molecular flexibility index (Phi) is 4.43. The number of anilines is 1. The molecule has 1 aliphatic rings. The van der Waals surface area contributed by atoms with Gasteiger partial charge in [-0.25, -0.2) is 0 Å². The second-order valence-corrected chi connectivity index (χ2v) is 5.18. The molecule has 4 nitrogen and oxygen atoms in total. The van der Waals surface area contributed by atoms with E-state index < -0.39 is 5.54 Å². The number of para-hydroxylation sites is 1. The third-order valence-electron chi connectivity index (χ3n) is 3.63. The molecule has 19 heavy (non-hydrogen) atoms. The summed E-state index contributed by atoms with van der Waals surface area (Å²) in [6.45, 7) is 4.75. The first-order chi connectivity index (χ1) is 9.15. The lowest BCUT2D eigenvalue weighted by atomic mass is 10.2. The number of benzene rings is 1. The van der Waals surface area contributed by atoms with Gasteiger partial charge in [-0.15, -0.1) is 0 Å². The van der Waals surface area contributed by atoms with Crippen LogP contribution in [0.25, 0.3) is 0 Å². The van der Waals surface area contributed by atoms with Crippen LogP contribution >= 0.6 is 0 Å². The molecule has 0 heterocycles. The Morgan fingerprint density at radius 2 is 2.05 bits per heavy atom. The highest BCUT2D eigenvalue weighted by molar-refractivity contribution is 5.88. The zero-order chi connectivity index (χ0) is 13.7. The predicted molar refractivity (Wildman–Crippen MR) is 78.1 cm³/mol. The van der Waals surface area contributed by atoms with E-state index in [2.05, 4.69) is 29.3 Å². The molecule has 0 atom stereocenters. The van der Waals surface area contributed by atoms with Gasteiger partial charge in [-0.2, -0.15) is 0 Å². The molecule has 1 aromatic carbocycles. The molecule has 0 aliphatic heterocycles. The van der Waals surface area contributed by atoms with Gasteiger partial charge in [0.25, 0.3) is 0 Å². The molecule has 0 unspecified atom stereocenters. The fourth-order valence-corrected chi connectivity index (χ4v) is 2.12. The molecule has 3 N–H and O–H groups in total. The zero-order valence-electron chi connectivity index (χ0n) is 11.6. The number of carbonyl (C=O) groups is 1. The van der Waals surface area contributed by atoms with Crippen LogP contribution in [0.3, 0.4) is 0 Å². The summed E-state index contributed by atoms with van der Waals surface area (Å²) < 4.78 is 0. The van der Waals surface area contributed by atoms with E-state index in [0.29, 0.717) is 6.54 Å². The minimum absolute atomic E-state index is 0.00950. The van der Waals surface area contributed by atoms with Crippen molar-refractivity contribution in [1.82, 2.24) is 5.32 Å². The quantitative estimate of drug-likeness (QED) is 0.732. The summed E-state index contributed by atoms with van der Waals surface area (Å²) in [5, 5.41) is 2.93. The highest BCUT2D eigenvalue weighted by Crippen LogP contribution is 2.31. The van der Waals surface area contributed by atoms with Crippen molar-refractivity contribution in [2.24, 2.45) is 5.73 Å². The summed E-state index contributed by atoms with van der Waals surface area (Å²) in [5.74, 6) is 0.00950. The molecular weight excluding hydrogens is 238 g/mol. The Morgan fingerprint density at radius 3 is 2.63 bits per heavy atom. The first-order valence-electron chi connectivity index (χ1n) is 7.03. The Balaban J connectivity index is 1.71. The van der Waals surface area contributed by atoms with Crippen molar-refractivity contribution in [3.05, 3.63) is 30.3 Å². The summed E-state index contributed by atoms with van der Waals surface area (Å²) in [6.07, 6.45) is 2.58. The van der Waals surface area contributed by atoms with Crippen LogP contribution in [-0.4, -0.2) is 31.1 Å². The average Bonchev–Trinajstić information content (AvgIpc) is 3.19. The molecule has 0 bridgehead atoms. The molecule has 1 fully saturated rings. The van der Waals surface area contributed by atoms with E-state index >= 15 is 0 Å². The maximum Gasteiger partial charge on any atom is 0.240 e. The number of amides is 1. The fourth-order valence-electron chi connectivity index (χ4n) is 2.12. The highest BCUT2D eigenvalue weighted by atomic mass is 16.2. The zero-order valence-corrected chi connectivity index (χ0v) is 11.6. The summed E-state index contributed by atoms with van der Waals surface area (Å²) in [7, 11) is 0. The van der Waals surface area contributed by atoms with Gasteiger partial charge >= 0.3 is 0 Å². The Morgan fingerprint density at radius 1 is 1.37 bits per heavy atom. The lowest BCUT2D eigenvalue weighted by molar-refractivity contribution is -0.123. The van der Waals surface area contributed by atoms with Crippen LogP contribution in [0.2, 0.25) is 0 Å². The lowest BCUT2D eigenvalue weighted by Crippen LogP contribution is -2.43. The molecule has 1 saturated carbocycles. The van der Waals surface area contributed by atoms with Gasteiger partial charge in [0, 0.05) is 25.3 Å². The number of rotatable bonds is 7. The van der Waals surface area contributed by atoms with Gasteiger partial charge in [-0.3, -0.25) is 4.79 Å². The normalized spacial score (nSPS) is 15.9. The fraction of sp³-hybridized carbons (Fsp3) is 0.533. The molecular formula is C15H23N3O. The van der Waals surface area contributed by atoms with E-state index in [1.165, 1.54) is 5.69 Å².